The van der Waals surface area contributed by atoms with Crippen LogP contribution in [0.4, 0.5) is 5.69 Å². The fraction of sp³-hybridized carbons (Fsp3) is 0.238. The molecule has 0 saturated carbocycles. The minimum absolute atomic E-state index is 0.153. The Morgan fingerprint density at radius 3 is 2.45 bits per heavy atom. The smallest absolute Gasteiger partial charge is 0.335 e. The molecule has 0 fully saturated rings. The van der Waals surface area contributed by atoms with Crippen LogP contribution in [0.1, 0.15) is 36.1 Å². The highest BCUT2D eigenvalue weighted by atomic mass is 35.5. The minimum Gasteiger partial charge on any atom is -0.481 e. The summed E-state index contributed by atoms with van der Waals surface area (Å²) >= 11 is 7.40. The van der Waals surface area contributed by atoms with E-state index in [1.807, 2.05) is 19.1 Å². The average molecular weight is 461 g/mol. The number of aromatic nitrogens is 3. The lowest BCUT2D eigenvalue weighted by Crippen LogP contribution is -2.23. The summed E-state index contributed by atoms with van der Waals surface area (Å²) in [6, 6.07) is 13.2. The van der Waals surface area contributed by atoms with E-state index >= 15 is 0 Å². The second kappa shape index (κ2) is 9.84. The van der Waals surface area contributed by atoms with E-state index in [9.17, 15) is 9.59 Å². The van der Waals surface area contributed by atoms with E-state index in [0.717, 1.165) is 0 Å². The van der Waals surface area contributed by atoms with Crippen LogP contribution in [0.25, 0.3) is 0 Å². The van der Waals surface area contributed by atoms with Gasteiger partial charge >= 0.3 is 5.97 Å². The van der Waals surface area contributed by atoms with Crippen molar-refractivity contribution in [3.63, 3.8) is 0 Å². The summed E-state index contributed by atoms with van der Waals surface area (Å²) < 4.78 is 7.67. The first kappa shape index (κ1) is 22.6. The van der Waals surface area contributed by atoms with Gasteiger partial charge in [0.15, 0.2) is 17.1 Å². The summed E-state index contributed by atoms with van der Waals surface area (Å²) in [7, 11) is 1.80. The van der Waals surface area contributed by atoms with Crippen LogP contribution in [-0.2, 0) is 11.8 Å². The molecule has 162 valence electrons. The molecule has 0 aliphatic heterocycles. The van der Waals surface area contributed by atoms with Gasteiger partial charge in [-0.25, -0.2) is 4.79 Å². The first-order valence-corrected chi connectivity index (χ1v) is 10.6. The second-order valence-corrected chi connectivity index (χ2v) is 8.44. The number of ether oxygens (including phenoxy) is 1. The van der Waals surface area contributed by atoms with Gasteiger partial charge in [-0.1, -0.05) is 35.5 Å². The lowest BCUT2D eigenvalue weighted by molar-refractivity contribution is -0.115. The number of carboxylic acid groups (broad SMARTS) is 1. The van der Waals surface area contributed by atoms with Crippen LogP contribution in [0.15, 0.2) is 53.7 Å². The van der Waals surface area contributed by atoms with Gasteiger partial charge in [0.1, 0.15) is 5.75 Å². The Balaban J connectivity index is 1.63. The third-order valence-corrected chi connectivity index (χ3v) is 5.87. The Hall–Kier alpha value is -3.04. The highest BCUT2D eigenvalue weighted by molar-refractivity contribution is 8.00. The molecule has 8 nitrogen and oxygen atoms in total. The molecule has 2 unspecified atom stereocenters. The van der Waals surface area contributed by atoms with E-state index in [1.165, 1.54) is 23.9 Å². The predicted octanol–water partition coefficient (Wildman–Crippen LogP) is 4.43. The fourth-order valence-corrected chi connectivity index (χ4v) is 3.72. The molecule has 0 bridgehead atoms. The topological polar surface area (TPSA) is 106 Å². The Kier molecular flexibility index (Phi) is 7.19. The number of para-hydroxylation sites is 1. The molecular formula is C21H21ClN4O4S. The van der Waals surface area contributed by atoms with Gasteiger partial charge in [0.25, 0.3) is 0 Å². The third-order valence-electron chi connectivity index (χ3n) is 4.42. The van der Waals surface area contributed by atoms with Crippen molar-refractivity contribution in [1.82, 2.24) is 14.8 Å². The van der Waals surface area contributed by atoms with Crippen LogP contribution >= 0.6 is 23.4 Å². The van der Waals surface area contributed by atoms with E-state index in [-0.39, 0.29) is 11.5 Å². The van der Waals surface area contributed by atoms with Crippen molar-refractivity contribution in [1.29, 1.82) is 0 Å². The van der Waals surface area contributed by atoms with Crippen molar-refractivity contribution in [3.8, 4) is 5.75 Å². The van der Waals surface area contributed by atoms with Crippen molar-refractivity contribution in [3.05, 3.63) is 64.9 Å². The van der Waals surface area contributed by atoms with Gasteiger partial charge < -0.3 is 19.7 Å². The number of nitrogens with one attached hydrogen (secondary N) is 1. The van der Waals surface area contributed by atoms with Gasteiger partial charge in [0, 0.05) is 12.7 Å². The molecule has 0 radical (unpaired) electrons. The van der Waals surface area contributed by atoms with E-state index in [1.54, 1.807) is 42.8 Å². The summed E-state index contributed by atoms with van der Waals surface area (Å²) in [6.07, 6.45) is -0.399. The number of aromatic carboxylic acids is 1. The Bertz CT molecular complexity index is 1090. The molecule has 1 heterocycles. The quantitative estimate of drug-likeness (QED) is 0.479. The first-order valence-electron chi connectivity index (χ1n) is 9.37. The number of halogens is 1. The number of carbonyl (C=O) groups excluding carboxylic acids is 1. The molecule has 0 saturated heterocycles. The molecule has 2 aromatic carbocycles. The number of carboxylic acids is 1. The minimum atomic E-state index is -1.02. The highest BCUT2D eigenvalue weighted by Crippen LogP contribution is 2.30. The third kappa shape index (κ3) is 5.56. The van der Waals surface area contributed by atoms with Gasteiger partial charge in [0.2, 0.25) is 5.91 Å². The number of amides is 1. The average Bonchev–Trinajstić information content (AvgIpc) is 3.10. The zero-order valence-corrected chi connectivity index (χ0v) is 18.6. The second-order valence-electron chi connectivity index (χ2n) is 6.72. The molecule has 0 aliphatic rings. The monoisotopic (exact) mass is 460 g/mol. The number of thioether (sulfide) groups is 1. The van der Waals surface area contributed by atoms with Gasteiger partial charge in [-0.15, -0.1) is 10.2 Å². The van der Waals surface area contributed by atoms with Gasteiger partial charge in [-0.3, -0.25) is 4.79 Å². The Morgan fingerprint density at radius 2 is 1.81 bits per heavy atom. The van der Waals surface area contributed by atoms with E-state index in [0.29, 0.717) is 27.4 Å². The van der Waals surface area contributed by atoms with Gasteiger partial charge in [-0.2, -0.15) is 0 Å². The number of rotatable bonds is 8. The maximum absolute atomic E-state index is 12.5. The largest absolute Gasteiger partial charge is 0.481 e. The normalized spacial score (nSPS) is 12.8. The summed E-state index contributed by atoms with van der Waals surface area (Å²) in [5.41, 5.74) is 0.669. The molecular weight excluding hydrogens is 440 g/mol. The molecule has 0 spiro atoms. The molecule has 10 heteroatoms. The van der Waals surface area contributed by atoms with Gasteiger partial charge in [-0.05, 0) is 50.2 Å². The van der Waals surface area contributed by atoms with Crippen molar-refractivity contribution in [2.45, 2.75) is 30.4 Å². The van der Waals surface area contributed by atoms with Crippen molar-refractivity contribution in [2.24, 2.45) is 7.05 Å². The van der Waals surface area contributed by atoms with Crippen LogP contribution in [0.5, 0.6) is 5.75 Å². The predicted molar refractivity (Wildman–Crippen MR) is 119 cm³/mol. The van der Waals surface area contributed by atoms with Crippen LogP contribution in [0, 0.1) is 0 Å². The summed E-state index contributed by atoms with van der Waals surface area (Å²) in [4.78, 5) is 23.4. The SMILES string of the molecule is CC(Sc1nnc(C(C)Oc2ccccc2Cl)n1C)C(=O)Nc1ccc(C(=O)O)cc1. The van der Waals surface area contributed by atoms with Crippen molar-refractivity contribution >= 4 is 40.9 Å². The van der Waals surface area contributed by atoms with E-state index in [4.69, 9.17) is 21.4 Å². The van der Waals surface area contributed by atoms with Crippen molar-refractivity contribution < 1.29 is 19.4 Å². The maximum Gasteiger partial charge on any atom is 0.335 e. The maximum atomic E-state index is 12.5. The van der Waals surface area contributed by atoms with Crippen molar-refractivity contribution in [2.75, 3.05) is 5.32 Å². The highest BCUT2D eigenvalue weighted by Gasteiger charge is 2.22. The molecule has 2 atom stereocenters. The van der Waals surface area contributed by atoms with Gasteiger partial charge in [0.05, 0.1) is 15.8 Å². The molecule has 1 amide bonds. The summed E-state index contributed by atoms with van der Waals surface area (Å²) in [5.74, 6) is -0.111. The molecule has 0 aliphatic carbocycles. The van der Waals surface area contributed by atoms with E-state index < -0.39 is 17.3 Å². The Labute approximate surface area is 188 Å². The summed E-state index contributed by atoms with van der Waals surface area (Å²) in [6.45, 7) is 3.60. The first-order chi connectivity index (χ1) is 14.8. The molecule has 2 N–H and O–H groups in total. The number of benzene rings is 2. The molecule has 3 rings (SSSR count). The van der Waals surface area contributed by atoms with Crippen LogP contribution in [-0.4, -0.2) is 37.0 Å². The zero-order valence-electron chi connectivity index (χ0n) is 17.1. The molecule has 3 aromatic rings. The lowest BCUT2D eigenvalue weighted by atomic mass is 10.2. The number of anilines is 1. The zero-order chi connectivity index (χ0) is 22.5. The van der Waals surface area contributed by atoms with E-state index in [2.05, 4.69) is 15.5 Å². The standard InChI is InChI=1S/C21H21ClN4O4S/c1-12(30-17-7-5-4-6-16(17)22)18-24-25-21(26(18)3)31-13(2)19(27)23-15-10-8-14(9-11-15)20(28)29/h4-13H,1-3H3,(H,23,27)(H,28,29). The number of carbonyl (C=O) groups is 2. The number of hydrogen-bond donors (Lipinski definition) is 2. The van der Waals surface area contributed by atoms with Crippen LogP contribution in [0.2, 0.25) is 5.02 Å². The number of hydrogen-bond acceptors (Lipinski definition) is 6. The molecule has 31 heavy (non-hydrogen) atoms. The fourth-order valence-electron chi connectivity index (χ4n) is 2.72. The number of nitrogens with zero attached hydrogens (tertiary/aromatic N) is 3. The summed E-state index contributed by atoms with van der Waals surface area (Å²) in [5, 5.41) is 20.7. The molecule has 1 aromatic heterocycles. The Morgan fingerprint density at radius 1 is 1.13 bits per heavy atom. The lowest BCUT2D eigenvalue weighted by Gasteiger charge is -2.16. The van der Waals surface area contributed by atoms with Crippen LogP contribution in [0.3, 0.4) is 0 Å². The van der Waals surface area contributed by atoms with Crippen LogP contribution < -0.4 is 10.1 Å².